The average Bonchev–Trinajstić information content (AvgIpc) is 2.84. The highest BCUT2D eigenvalue weighted by molar-refractivity contribution is 5.17. The number of benzene rings is 1. The summed E-state index contributed by atoms with van der Waals surface area (Å²) in [6.07, 6.45) is 0.972. The molecule has 0 atom stereocenters. The molecule has 0 spiro atoms. The third kappa shape index (κ3) is 5.44. The molecule has 0 aliphatic carbocycles. The summed E-state index contributed by atoms with van der Waals surface area (Å²) in [6.45, 7) is 7.88. The van der Waals surface area contributed by atoms with E-state index in [1.165, 1.54) is 11.8 Å². The van der Waals surface area contributed by atoms with Crippen molar-refractivity contribution in [1.29, 1.82) is 0 Å². The van der Waals surface area contributed by atoms with Gasteiger partial charge in [-0.1, -0.05) is 18.2 Å². The lowest BCUT2D eigenvalue weighted by atomic mass is 10.2. The molecular formula is C18H26FN3O. The predicted octanol–water partition coefficient (Wildman–Crippen LogP) is 3.18. The first kappa shape index (κ1) is 17.6. The molecule has 1 aromatic carbocycles. The first-order chi connectivity index (χ1) is 11.1. The lowest BCUT2D eigenvalue weighted by molar-refractivity contribution is 0.141. The lowest BCUT2D eigenvalue weighted by Crippen LogP contribution is -2.29. The summed E-state index contributed by atoms with van der Waals surface area (Å²) in [5.74, 6) is -0.145. The van der Waals surface area contributed by atoms with Gasteiger partial charge in [0, 0.05) is 44.5 Å². The molecule has 0 aliphatic rings. The van der Waals surface area contributed by atoms with Crippen molar-refractivity contribution in [2.45, 2.75) is 33.4 Å². The number of aromatic nitrogens is 2. The number of hydrogen-bond donors (Lipinski definition) is 0. The second-order valence-electron chi connectivity index (χ2n) is 5.86. The van der Waals surface area contributed by atoms with E-state index in [4.69, 9.17) is 4.74 Å². The molecule has 5 heteroatoms. The maximum absolute atomic E-state index is 13.8. The van der Waals surface area contributed by atoms with E-state index in [0.29, 0.717) is 13.2 Å². The van der Waals surface area contributed by atoms with Gasteiger partial charge in [0.1, 0.15) is 5.82 Å². The molecule has 2 rings (SSSR count). The first-order valence-electron chi connectivity index (χ1n) is 8.06. The molecule has 23 heavy (non-hydrogen) atoms. The van der Waals surface area contributed by atoms with Crippen LogP contribution in [0.15, 0.2) is 30.3 Å². The second kappa shape index (κ2) is 8.79. The molecule has 2 aromatic rings. The van der Waals surface area contributed by atoms with Crippen molar-refractivity contribution in [2.24, 2.45) is 0 Å². The molecule has 0 saturated heterocycles. The van der Waals surface area contributed by atoms with Gasteiger partial charge in [-0.25, -0.2) is 4.39 Å². The van der Waals surface area contributed by atoms with E-state index in [-0.39, 0.29) is 5.82 Å². The van der Waals surface area contributed by atoms with Crippen molar-refractivity contribution in [3.8, 4) is 0 Å². The zero-order valence-electron chi connectivity index (χ0n) is 14.3. The molecule has 0 unspecified atom stereocenters. The van der Waals surface area contributed by atoms with Gasteiger partial charge in [-0.3, -0.25) is 9.58 Å². The van der Waals surface area contributed by atoms with Crippen molar-refractivity contribution in [1.82, 2.24) is 14.7 Å². The molecule has 1 heterocycles. The molecule has 0 saturated carbocycles. The van der Waals surface area contributed by atoms with Crippen molar-refractivity contribution in [2.75, 3.05) is 26.8 Å². The summed E-state index contributed by atoms with van der Waals surface area (Å²) in [7, 11) is 1.69. The Labute approximate surface area is 137 Å². The van der Waals surface area contributed by atoms with Crippen LogP contribution in [0.25, 0.3) is 0 Å². The van der Waals surface area contributed by atoms with Crippen LogP contribution in [-0.2, 0) is 17.8 Å². The number of hydrogen-bond acceptors (Lipinski definition) is 3. The topological polar surface area (TPSA) is 30.3 Å². The van der Waals surface area contributed by atoms with Crippen molar-refractivity contribution in [3.63, 3.8) is 0 Å². The van der Waals surface area contributed by atoms with Gasteiger partial charge in [0.25, 0.3) is 0 Å². The van der Waals surface area contributed by atoms with Gasteiger partial charge in [0.2, 0.25) is 0 Å². The molecule has 0 amide bonds. The number of methoxy groups -OCH3 is 1. The van der Waals surface area contributed by atoms with Crippen LogP contribution in [0.2, 0.25) is 0 Å². The van der Waals surface area contributed by atoms with Crippen LogP contribution in [0.1, 0.15) is 23.4 Å². The Kier molecular flexibility index (Phi) is 6.74. The van der Waals surface area contributed by atoms with Gasteiger partial charge in [0.05, 0.1) is 12.3 Å². The van der Waals surface area contributed by atoms with Crippen LogP contribution in [0.3, 0.4) is 0 Å². The van der Waals surface area contributed by atoms with Gasteiger partial charge in [0.15, 0.2) is 0 Å². The zero-order valence-corrected chi connectivity index (χ0v) is 14.3. The number of ether oxygens (including phenoxy) is 1. The molecule has 0 fully saturated rings. The van der Waals surface area contributed by atoms with E-state index < -0.39 is 0 Å². The summed E-state index contributed by atoms with van der Waals surface area (Å²) in [5.41, 5.74) is 2.96. The molecule has 0 radical (unpaired) electrons. The smallest absolute Gasteiger partial charge is 0.127 e. The molecule has 1 aromatic heterocycles. The fourth-order valence-electron chi connectivity index (χ4n) is 2.70. The summed E-state index contributed by atoms with van der Waals surface area (Å²) in [4.78, 5) is 2.23. The van der Waals surface area contributed by atoms with Gasteiger partial charge in [-0.2, -0.15) is 5.10 Å². The number of aryl methyl sites for hydroxylation is 3. The van der Waals surface area contributed by atoms with Gasteiger partial charge in [-0.15, -0.1) is 0 Å². The molecule has 0 N–H and O–H groups in total. The Hall–Kier alpha value is -1.72. The SMILES string of the molecule is COCCN(CCCn1nc(C)cc1C)Cc1ccccc1F. The molecule has 0 aliphatic heterocycles. The lowest BCUT2D eigenvalue weighted by Gasteiger charge is -2.22. The third-order valence-electron chi connectivity index (χ3n) is 3.91. The van der Waals surface area contributed by atoms with E-state index >= 15 is 0 Å². The monoisotopic (exact) mass is 319 g/mol. The fraction of sp³-hybridized carbons (Fsp3) is 0.500. The fourth-order valence-corrected chi connectivity index (χ4v) is 2.70. The quantitative estimate of drug-likeness (QED) is 0.711. The Bertz CT molecular complexity index is 612. The molecule has 126 valence electrons. The largest absolute Gasteiger partial charge is 0.383 e. The standard InChI is InChI=1S/C18H26FN3O/c1-15-13-16(2)22(20-15)10-6-9-21(11-12-23-3)14-17-7-4-5-8-18(17)19/h4-5,7-8,13H,6,9-12,14H2,1-3H3. The predicted molar refractivity (Wildman–Crippen MR) is 89.9 cm³/mol. The summed E-state index contributed by atoms with van der Waals surface area (Å²) >= 11 is 0. The Morgan fingerprint density at radius 2 is 2.00 bits per heavy atom. The number of nitrogens with zero attached hydrogens (tertiary/aromatic N) is 3. The van der Waals surface area contributed by atoms with Crippen LogP contribution in [0.5, 0.6) is 0 Å². The van der Waals surface area contributed by atoms with E-state index in [9.17, 15) is 4.39 Å². The van der Waals surface area contributed by atoms with Crippen LogP contribution < -0.4 is 0 Å². The van der Waals surface area contributed by atoms with Crippen molar-refractivity contribution >= 4 is 0 Å². The highest BCUT2D eigenvalue weighted by atomic mass is 19.1. The Morgan fingerprint density at radius 1 is 1.22 bits per heavy atom. The maximum atomic E-state index is 13.8. The van der Waals surface area contributed by atoms with Gasteiger partial charge in [-0.05, 0) is 32.4 Å². The van der Waals surface area contributed by atoms with E-state index in [1.807, 2.05) is 23.7 Å². The van der Waals surface area contributed by atoms with Gasteiger partial charge >= 0.3 is 0 Å². The summed E-state index contributed by atoms with van der Waals surface area (Å²) in [5, 5.41) is 4.48. The second-order valence-corrected chi connectivity index (χ2v) is 5.86. The minimum atomic E-state index is -0.145. The first-order valence-corrected chi connectivity index (χ1v) is 8.06. The Morgan fingerprint density at radius 3 is 2.65 bits per heavy atom. The van der Waals surface area contributed by atoms with Crippen LogP contribution in [0, 0.1) is 19.7 Å². The normalized spacial score (nSPS) is 11.3. The summed E-state index contributed by atoms with van der Waals surface area (Å²) in [6, 6.07) is 9.04. The molecule has 0 bridgehead atoms. The Balaban J connectivity index is 1.90. The average molecular weight is 319 g/mol. The molecular weight excluding hydrogens is 293 g/mol. The minimum absolute atomic E-state index is 0.145. The zero-order chi connectivity index (χ0) is 16.7. The van der Waals surface area contributed by atoms with E-state index in [2.05, 4.69) is 23.0 Å². The highest BCUT2D eigenvalue weighted by Crippen LogP contribution is 2.11. The van der Waals surface area contributed by atoms with Crippen LogP contribution in [0.4, 0.5) is 4.39 Å². The van der Waals surface area contributed by atoms with Crippen molar-refractivity contribution in [3.05, 3.63) is 53.1 Å². The van der Waals surface area contributed by atoms with Gasteiger partial charge < -0.3 is 4.74 Å². The number of rotatable bonds is 9. The minimum Gasteiger partial charge on any atom is -0.383 e. The third-order valence-corrected chi connectivity index (χ3v) is 3.91. The van der Waals surface area contributed by atoms with E-state index in [1.54, 1.807) is 13.2 Å². The van der Waals surface area contributed by atoms with Crippen LogP contribution >= 0.6 is 0 Å². The van der Waals surface area contributed by atoms with Crippen LogP contribution in [-0.4, -0.2) is 41.5 Å². The summed E-state index contributed by atoms with van der Waals surface area (Å²) < 4.78 is 21.1. The molecule has 4 nitrogen and oxygen atoms in total. The highest BCUT2D eigenvalue weighted by Gasteiger charge is 2.09. The number of halogens is 1. The maximum Gasteiger partial charge on any atom is 0.127 e. The van der Waals surface area contributed by atoms with E-state index in [0.717, 1.165) is 37.3 Å². The van der Waals surface area contributed by atoms with Crippen molar-refractivity contribution < 1.29 is 9.13 Å².